The predicted molar refractivity (Wildman–Crippen MR) is 77.6 cm³/mol. The van der Waals surface area contributed by atoms with Crippen molar-refractivity contribution in [2.45, 2.75) is 19.8 Å². The van der Waals surface area contributed by atoms with E-state index in [1.165, 1.54) is 0 Å². The number of halogens is 1. The van der Waals surface area contributed by atoms with Crippen LogP contribution in [0.15, 0.2) is 16.6 Å². The third-order valence-electron chi connectivity index (χ3n) is 3.24. The Morgan fingerprint density at radius 2 is 2.11 bits per heavy atom. The fourth-order valence-electron chi connectivity index (χ4n) is 2.08. The molecular weight excluding hydrogens is 294 g/mol. The number of carbonyl (C=O) groups is 1. The lowest BCUT2D eigenvalue weighted by atomic mass is 10.2. The van der Waals surface area contributed by atoms with Gasteiger partial charge in [0.25, 0.3) is 0 Å². The zero-order chi connectivity index (χ0) is 13.1. The van der Waals surface area contributed by atoms with Crippen LogP contribution < -0.4 is 11.1 Å². The molecule has 0 radical (unpaired) electrons. The maximum absolute atomic E-state index is 11.9. The Kier molecular flexibility index (Phi) is 4.11. The molecule has 1 aromatic rings. The molecule has 18 heavy (non-hydrogen) atoms. The number of anilines is 2. The van der Waals surface area contributed by atoms with Crippen molar-refractivity contribution in [1.82, 2.24) is 4.90 Å². The lowest BCUT2D eigenvalue weighted by Gasteiger charge is -2.17. The zero-order valence-corrected chi connectivity index (χ0v) is 12.1. The second kappa shape index (κ2) is 5.61. The number of rotatable bonds is 3. The monoisotopic (exact) mass is 311 g/mol. The van der Waals surface area contributed by atoms with Crippen LogP contribution in [0.4, 0.5) is 11.4 Å². The molecule has 4 nitrogen and oxygen atoms in total. The van der Waals surface area contributed by atoms with E-state index in [0.29, 0.717) is 6.54 Å². The molecule has 1 amide bonds. The average molecular weight is 312 g/mol. The highest BCUT2D eigenvalue weighted by molar-refractivity contribution is 9.10. The van der Waals surface area contributed by atoms with Gasteiger partial charge in [0.1, 0.15) is 0 Å². The van der Waals surface area contributed by atoms with Crippen LogP contribution in [0.1, 0.15) is 18.4 Å². The van der Waals surface area contributed by atoms with Crippen LogP contribution in [-0.2, 0) is 4.79 Å². The van der Waals surface area contributed by atoms with Gasteiger partial charge in [0, 0.05) is 28.9 Å². The standard InChI is InChI=1S/C13H18BrN3O/c1-9-6-12(10(14)7-11(9)15)16-8-13(18)17-4-2-3-5-17/h6-7,16H,2-5,8,15H2,1H3. The molecule has 0 aromatic heterocycles. The molecule has 1 aliphatic rings. The van der Waals surface area contributed by atoms with E-state index < -0.39 is 0 Å². The van der Waals surface area contributed by atoms with Gasteiger partial charge in [-0.05, 0) is 53.4 Å². The molecule has 0 aliphatic carbocycles. The van der Waals surface area contributed by atoms with Crippen LogP contribution >= 0.6 is 15.9 Å². The maximum atomic E-state index is 11.9. The topological polar surface area (TPSA) is 58.4 Å². The molecule has 0 atom stereocenters. The first kappa shape index (κ1) is 13.2. The van der Waals surface area contributed by atoms with E-state index >= 15 is 0 Å². The first-order valence-electron chi connectivity index (χ1n) is 6.15. The van der Waals surface area contributed by atoms with Gasteiger partial charge in [-0.25, -0.2) is 0 Å². The van der Waals surface area contributed by atoms with Crippen molar-refractivity contribution in [2.75, 3.05) is 30.7 Å². The Hall–Kier alpha value is -1.23. The molecule has 1 saturated heterocycles. The van der Waals surface area contributed by atoms with Gasteiger partial charge in [0.2, 0.25) is 5.91 Å². The van der Waals surface area contributed by atoms with E-state index in [9.17, 15) is 4.79 Å². The smallest absolute Gasteiger partial charge is 0.241 e. The molecule has 1 aliphatic heterocycles. The highest BCUT2D eigenvalue weighted by Crippen LogP contribution is 2.27. The largest absolute Gasteiger partial charge is 0.398 e. The minimum atomic E-state index is 0.161. The van der Waals surface area contributed by atoms with Crippen LogP contribution in [0.25, 0.3) is 0 Å². The summed E-state index contributed by atoms with van der Waals surface area (Å²) in [5, 5.41) is 3.16. The number of carbonyl (C=O) groups excluding carboxylic acids is 1. The number of nitrogen functional groups attached to an aromatic ring is 1. The fraction of sp³-hybridized carbons (Fsp3) is 0.462. The van der Waals surface area contributed by atoms with E-state index in [0.717, 1.165) is 47.3 Å². The summed E-state index contributed by atoms with van der Waals surface area (Å²) in [4.78, 5) is 13.8. The molecule has 0 spiro atoms. The molecule has 1 aromatic carbocycles. The van der Waals surface area contributed by atoms with Crippen molar-refractivity contribution in [1.29, 1.82) is 0 Å². The third kappa shape index (κ3) is 2.96. The minimum absolute atomic E-state index is 0.161. The summed E-state index contributed by atoms with van der Waals surface area (Å²) in [5.74, 6) is 0.161. The Balaban J connectivity index is 1.97. The SMILES string of the molecule is Cc1cc(NCC(=O)N2CCCC2)c(Br)cc1N. The quantitative estimate of drug-likeness (QED) is 0.843. The highest BCUT2D eigenvalue weighted by atomic mass is 79.9. The van der Waals surface area contributed by atoms with Gasteiger partial charge >= 0.3 is 0 Å². The lowest BCUT2D eigenvalue weighted by Crippen LogP contribution is -2.33. The van der Waals surface area contributed by atoms with Crippen LogP contribution in [0, 0.1) is 6.92 Å². The number of aryl methyl sites for hydroxylation is 1. The number of hydrogen-bond acceptors (Lipinski definition) is 3. The van der Waals surface area contributed by atoms with Gasteiger partial charge in [-0.1, -0.05) is 0 Å². The second-order valence-electron chi connectivity index (χ2n) is 4.63. The van der Waals surface area contributed by atoms with E-state index in [-0.39, 0.29) is 5.91 Å². The zero-order valence-electron chi connectivity index (χ0n) is 10.5. The molecule has 2 rings (SSSR count). The van der Waals surface area contributed by atoms with Crippen LogP contribution in [-0.4, -0.2) is 30.4 Å². The summed E-state index contributed by atoms with van der Waals surface area (Å²) in [6.45, 7) is 4.07. The summed E-state index contributed by atoms with van der Waals surface area (Å²) in [5.41, 5.74) is 8.48. The van der Waals surface area contributed by atoms with Crippen molar-refractivity contribution in [3.05, 3.63) is 22.2 Å². The molecule has 5 heteroatoms. The summed E-state index contributed by atoms with van der Waals surface area (Å²) in [6, 6.07) is 3.81. The normalized spacial score (nSPS) is 14.9. The Labute approximate surface area is 116 Å². The molecule has 0 bridgehead atoms. The summed E-state index contributed by atoms with van der Waals surface area (Å²) in [7, 11) is 0. The maximum Gasteiger partial charge on any atom is 0.241 e. The number of likely N-dealkylation sites (tertiary alicyclic amines) is 1. The Bertz CT molecular complexity index is 456. The van der Waals surface area contributed by atoms with Crippen molar-refractivity contribution < 1.29 is 4.79 Å². The molecule has 0 saturated carbocycles. The van der Waals surface area contributed by atoms with Gasteiger partial charge in [0.05, 0.1) is 6.54 Å². The molecule has 0 unspecified atom stereocenters. The van der Waals surface area contributed by atoms with Crippen LogP contribution in [0.3, 0.4) is 0 Å². The Morgan fingerprint density at radius 3 is 2.78 bits per heavy atom. The number of benzene rings is 1. The predicted octanol–water partition coefficient (Wildman–Crippen LogP) is 2.37. The lowest BCUT2D eigenvalue weighted by molar-refractivity contribution is -0.128. The van der Waals surface area contributed by atoms with Gasteiger partial charge in [0.15, 0.2) is 0 Å². The molecule has 1 heterocycles. The number of nitrogens with one attached hydrogen (secondary N) is 1. The van der Waals surface area contributed by atoms with E-state index in [1.807, 2.05) is 24.0 Å². The molecule has 98 valence electrons. The third-order valence-corrected chi connectivity index (χ3v) is 3.90. The summed E-state index contributed by atoms with van der Waals surface area (Å²) >= 11 is 3.45. The fourth-order valence-corrected chi connectivity index (χ4v) is 2.58. The minimum Gasteiger partial charge on any atom is -0.398 e. The molecule has 1 fully saturated rings. The van der Waals surface area contributed by atoms with Crippen LogP contribution in [0.2, 0.25) is 0 Å². The second-order valence-corrected chi connectivity index (χ2v) is 5.48. The van der Waals surface area contributed by atoms with Crippen molar-refractivity contribution in [2.24, 2.45) is 0 Å². The van der Waals surface area contributed by atoms with Crippen LogP contribution in [0.5, 0.6) is 0 Å². The van der Waals surface area contributed by atoms with E-state index in [1.54, 1.807) is 0 Å². The van der Waals surface area contributed by atoms with Gasteiger partial charge < -0.3 is 16.0 Å². The van der Waals surface area contributed by atoms with Crippen molar-refractivity contribution in [3.63, 3.8) is 0 Å². The Morgan fingerprint density at radius 1 is 1.44 bits per heavy atom. The van der Waals surface area contributed by atoms with Gasteiger partial charge in [-0.2, -0.15) is 0 Å². The number of amides is 1. The first-order chi connectivity index (χ1) is 8.58. The van der Waals surface area contributed by atoms with Crippen molar-refractivity contribution in [3.8, 4) is 0 Å². The number of hydrogen-bond donors (Lipinski definition) is 2. The molecular formula is C13H18BrN3O. The number of nitrogens with two attached hydrogens (primary N) is 1. The summed E-state index contributed by atoms with van der Waals surface area (Å²) < 4.78 is 0.889. The van der Waals surface area contributed by atoms with E-state index in [2.05, 4.69) is 21.2 Å². The number of nitrogens with zero attached hydrogens (tertiary/aromatic N) is 1. The molecule has 3 N–H and O–H groups in total. The van der Waals surface area contributed by atoms with Gasteiger partial charge in [-0.3, -0.25) is 4.79 Å². The first-order valence-corrected chi connectivity index (χ1v) is 6.94. The van der Waals surface area contributed by atoms with E-state index in [4.69, 9.17) is 5.73 Å². The summed E-state index contributed by atoms with van der Waals surface area (Å²) in [6.07, 6.45) is 2.24. The average Bonchev–Trinajstić information content (AvgIpc) is 2.85. The van der Waals surface area contributed by atoms with Gasteiger partial charge in [-0.15, -0.1) is 0 Å². The highest BCUT2D eigenvalue weighted by Gasteiger charge is 2.17. The van der Waals surface area contributed by atoms with Crippen molar-refractivity contribution >= 4 is 33.2 Å².